The summed E-state index contributed by atoms with van der Waals surface area (Å²) in [5.41, 5.74) is 7.26. The molecule has 1 heterocycles. The maximum atomic E-state index is 8.59. The van der Waals surface area contributed by atoms with Crippen LogP contribution in [-0.4, -0.2) is 16.0 Å². The van der Waals surface area contributed by atoms with Gasteiger partial charge in [0.25, 0.3) is 5.22 Å². The molecule has 1 aromatic carbocycles. The van der Waals surface area contributed by atoms with Crippen molar-refractivity contribution in [3.05, 3.63) is 47.9 Å². The van der Waals surface area contributed by atoms with Gasteiger partial charge in [-0.25, -0.2) is 4.98 Å². The lowest BCUT2D eigenvalue weighted by atomic mass is 10.1. The number of benzene rings is 1. The Labute approximate surface area is 102 Å². The Balaban J connectivity index is 2.06. The van der Waals surface area contributed by atoms with Crippen molar-refractivity contribution in [2.45, 2.75) is 11.0 Å². The predicted octanol–water partition coefficient (Wildman–Crippen LogP) is 2.06. The predicted molar refractivity (Wildman–Crippen MR) is 65.0 cm³/mol. The molecule has 0 saturated carbocycles. The highest BCUT2D eigenvalue weighted by atomic mass is 32.2. The van der Waals surface area contributed by atoms with Crippen LogP contribution >= 0.6 is 11.8 Å². The molecule has 0 amide bonds. The van der Waals surface area contributed by atoms with Crippen LogP contribution < -0.4 is 5.73 Å². The van der Waals surface area contributed by atoms with Crippen LogP contribution in [0.5, 0.6) is 0 Å². The van der Waals surface area contributed by atoms with E-state index in [1.165, 1.54) is 18.0 Å². The van der Waals surface area contributed by atoms with Gasteiger partial charge in [-0.2, -0.15) is 0 Å². The molecule has 5 nitrogen and oxygen atoms in total. The summed E-state index contributed by atoms with van der Waals surface area (Å²) in [6.07, 6.45) is 3.14. The lowest BCUT2D eigenvalue weighted by Gasteiger charge is -2.02. The van der Waals surface area contributed by atoms with Crippen LogP contribution in [-0.2, 0) is 5.75 Å². The summed E-state index contributed by atoms with van der Waals surface area (Å²) in [5, 5.41) is 12.2. The first-order valence-electron chi connectivity index (χ1n) is 4.88. The van der Waals surface area contributed by atoms with E-state index in [4.69, 9.17) is 15.4 Å². The minimum atomic E-state index is 0.105. The fraction of sp³-hybridized carbons (Fsp3) is 0.0909. The second-order valence-electron chi connectivity index (χ2n) is 3.27. The number of thioether (sulfide) groups is 1. The lowest BCUT2D eigenvalue weighted by molar-refractivity contribution is 0.318. The number of hydrogen-bond donors (Lipinski definition) is 2. The highest BCUT2D eigenvalue weighted by molar-refractivity contribution is 7.98. The van der Waals surface area contributed by atoms with E-state index in [2.05, 4.69) is 10.1 Å². The van der Waals surface area contributed by atoms with E-state index >= 15 is 0 Å². The fourth-order valence-electron chi connectivity index (χ4n) is 1.30. The SMILES string of the molecule is N/C(=N/O)c1cccc(CSc2ncco2)c1. The number of rotatable bonds is 4. The molecule has 0 aliphatic carbocycles. The molecule has 88 valence electrons. The van der Waals surface area contributed by atoms with Gasteiger partial charge in [0.05, 0.1) is 6.20 Å². The van der Waals surface area contributed by atoms with Gasteiger partial charge in [0.15, 0.2) is 5.84 Å². The topological polar surface area (TPSA) is 84.6 Å². The average molecular weight is 249 g/mol. The van der Waals surface area contributed by atoms with Gasteiger partial charge in [-0.15, -0.1) is 0 Å². The first-order valence-corrected chi connectivity index (χ1v) is 5.87. The van der Waals surface area contributed by atoms with Crippen LogP contribution in [0.25, 0.3) is 0 Å². The molecule has 0 fully saturated rings. The fourth-order valence-corrected chi connectivity index (χ4v) is 2.03. The van der Waals surface area contributed by atoms with Gasteiger partial charge in [-0.3, -0.25) is 0 Å². The Hall–Kier alpha value is -1.95. The molecule has 3 N–H and O–H groups in total. The number of nitrogens with zero attached hydrogens (tertiary/aromatic N) is 2. The minimum absolute atomic E-state index is 0.105. The van der Waals surface area contributed by atoms with Gasteiger partial charge >= 0.3 is 0 Å². The van der Waals surface area contributed by atoms with Crippen molar-refractivity contribution in [2.24, 2.45) is 10.9 Å². The van der Waals surface area contributed by atoms with Crippen LogP contribution in [0.15, 0.2) is 51.5 Å². The van der Waals surface area contributed by atoms with E-state index in [1.54, 1.807) is 12.3 Å². The molecular formula is C11H11N3O2S. The van der Waals surface area contributed by atoms with E-state index in [0.29, 0.717) is 16.5 Å². The van der Waals surface area contributed by atoms with Gasteiger partial charge in [-0.05, 0) is 11.6 Å². The van der Waals surface area contributed by atoms with E-state index in [9.17, 15) is 0 Å². The Bertz CT molecular complexity index is 511. The summed E-state index contributed by atoms with van der Waals surface area (Å²) in [4.78, 5) is 4.01. The third-order valence-corrected chi connectivity index (χ3v) is 3.03. The zero-order chi connectivity index (χ0) is 12.1. The van der Waals surface area contributed by atoms with Gasteiger partial charge in [-0.1, -0.05) is 35.1 Å². The highest BCUT2D eigenvalue weighted by Gasteiger charge is 2.03. The van der Waals surface area contributed by atoms with Crippen molar-refractivity contribution in [3.63, 3.8) is 0 Å². The van der Waals surface area contributed by atoms with Crippen LogP contribution in [0, 0.1) is 0 Å². The van der Waals surface area contributed by atoms with E-state index in [1.807, 2.05) is 18.2 Å². The van der Waals surface area contributed by atoms with Gasteiger partial charge < -0.3 is 15.4 Å². The smallest absolute Gasteiger partial charge is 0.255 e. The minimum Gasteiger partial charge on any atom is -0.440 e. The summed E-state index contributed by atoms with van der Waals surface area (Å²) >= 11 is 1.49. The molecule has 0 aliphatic rings. The monoisotopic (exact) mass is 249 g/mol. The van der Waals surface area contributed by atoms with Gasteiger partial charge in [0.1, 0.15) is 6.26 Å². The number of hydrogen-bond acceptors (Lipinski definition) is 5. The first-order chi connectivity index (χ1) is 8.29. The zero-order valence-corrected chi connectivity index (χ0v) is 9.72. The molecule has 2 rings (SSSR count). The molecule has 0 atom stereocenters. The van der Waals surface area contributed by atoms with Gasteiger partial charge in [0.2, 0.25) is 0 Å². The van der Waals surface area contributed by atoms with E-state index in [-0.39, 0.29) is 5.84 Å². The Morgan fingerprint density at radius 3 is 3.12 bits per heavy atom. The van der Waals surface area contributed by atoms with Gasteiger partial charge in [0, 0.05) is 11.3 Å². The number of amidine groups is 1. The molecule has 1 aromatic heterocycles. The van der Waals surface area contributed by atoms with Crippen molar-refractivity contribution >= 4 is 17.6 Å². The second-order valence-corrected chi connectivity index (χ2v) is 4.20. The first kappa shape index (κ1) is 11.5. The van der Waals surface area contributed by atoms with Crippen molar-refractivity contribution in [1.82, 2.24) is 4.98 Å². The maximum Gasteiger partial charge on any atom is 0.255 e. The maximum absolute atomic E-state index is 8.59. The summed E-state index contributed by atoms with van der Waals surface area (Å²) in [7, 11) is 0. The molecule has 0 saturated heterocycles. The molecular weight excluding hydrogens is 238 g/mol. The van der Waals surface area contributed by atoms with Crippen molar-refractivity contribution in [3.8, 4) is 0 Å². The molecule has 17 heavy (non-hydrogen) atoms. The van der Waals surface area contributed by atoms with E-state index < -0.39 is 0 Å². The standard InChI is InChI=1S/C11H11N3O2S/c12-10(14-15)9-3-1-2-8(6-9)7-17-11-13-4-5-16-11/h1-6,15H,7H2,(H2,12,14). The number of aromatic nitrogens is 1. The summed E-state index contributed by atoms with van der Waals surface area (Å²) in [6, 6.07) is 7.47. The van der Waals surface area contributed by atoms with Crippen LogP contribution in [0.2, 0.25) is 0 Å². The van der Waals surface area contributed by atoms with Crippen molar-refractivity contribution in [2.75, 3.05) is 0 Å². The molecule has 6 heteroatoms. The Morgan fingerprint density at radius 2 is 2.41 bits per heavy atom. The zero-order valence-electron chi connectivity index (χ0n) is 8.91. The molecule has 0 radical (unpaired) electrons. The third kappa shape index (κ3) is 3.01. The third-order valence-electron chi connectivity index (χ3n) is 2.10. The quantitative estimate of drug-likeness (QED) is 0.285. The van der Waals surface area contributed by atoms with Crippen molar-refractivity contribution < 1.29 is 9.62 Å². The lowest BCUT2D eigenvalue weighted by Crippen LogP contribution is -2.13. The van der Waals surface area contributed by atoms with E-state index in [0.717, 1.165) is 5.56 Å². The van der Waals surface area contributed by atoms with Crippen LogP contribution in [0.1, 0.15) is 11.1 Å². The second kappa shape index (κ2) is 5.40. The van der Waals surface area contributed by atoms with Crippen molar-refractivity contribution in [1.29, 1.82) is 0 Å². The molecule has 0 bridgehead atoms. The normalized spacial score (nSPS) is 11.6. The molecule has 0 unspecified atom stereocenters. The summed E-state index contributed by atoms with van der Waals surface area (Å²) in [5.74, 6) is 0.820. The molecule has 0 spiro atoms. The summed E-state index contributed by atoms with van der Waals surface area (Å²) < 4.78 is 5.12. The summed E-state index contributed by atoms with van der Waals surface area (Å²) in [6.45, 7) is 0. The van der Waals surface area contributed by atoms with Crippen LogP contribution in [0.3, 0.4) is 0 Å². The largest absolute Gasteiger partial charge is 0.440 e. The Morgan fingerprint density at radius 1 is 1.53 bits per heavy atom. The molecule has 0 aliphatic heterocycles. The number of nitrogens with two attached hydrogens (primary N) is 1. The van der Waals surface area contributed by atoms with Crippen LogP contribution in [0.4, 0.5) is 0 Å². The Kier molecular flexibility index (Phi) is 3.66. The average Bonchev–Trinajstić information content (AvgIpc) is 2.89. The number of oxime groups is 1. The molecule has 2 aromatic rings. The highest BCUT2D eigenvalue weighted by Crippen LogP contribution is 2.21. The number of oxazole rings is 1.